The molecule has 1 heterocycles. The van der Waals surface area contributed by atoms with Crippen LogP contribution in [-0.4, -0.2) is 23.6 Å². The molecular formula is C18H16N2O3. The van der Waals surface area contributed by atoms with E-state index < -0.39 is 17.7 Å². The molecule has 116 valence electrons. The van der Waals surface area contributed by atoms with Crippen LogP contribution >= 0.6 is 0 Å². The van der Waals surface area contributed by atoms with Crippen LogP contribution in [0.25, 0.3) is 0 Å². The summed E-state index contributed by atoms with van der Waals surface area (Å²) in [5.41, 5.74) is 2.44. The molecule has 1 atom stereocenters. The van der Waals surface area contributed by atoms with Gasteiger partial charge in [-0.05, 0) is 37.6 Å². The first-order valence-corrected chi connectivity index (χ1v) is 7.34. The van der Waals surface area contributed by atoms with Gasteiger partial charge in [0, 0.05) is 5.69 Å². The Morgan fingerprint density at radius 3 is 2.43 bits per heavy atom. The number of nitrogens with zero attached hydrogens (tertiary/aromatic N) is 1. The molecule has 0 radical (unpaired) electrons. The first-order chi connectivity index (χ1) is 11.0. The van der Waals surface area contributed by atoms with Crippen LogP contribution in [0.3, 0.4) is 0 Å². The summed E-state index contributed by atoms with van der Waals surface area (Å²) in [7, 11) is 0. The maximum Gasteiger partial charge on any atom is 0.300 e. The van der Waals surface area contributed by atoms with Gasteiger partial charge in [-0.1, -0.05) is 30.3 Å². The molecule has 0 spiro atoms. The second-order valence-electron chi connectivity index (χ2n) is 5.50. The first kappa shape index (κ1) is 15.0. The number of ketones is 1. The third-order valence-electron chi connectivity index (χ3n) is 3.99. The molecule has 2 amide bonds. The summed E-state index contributed by atoms with van der Waals surface area (Å²) in [4.78, 5) is 38.0. The van der Waals surface area contributed by atoms with Gasteiger partial charge in [0.1, 0.15) is 6.04 Å². The van der Waals surface area contributed by atoms with Gasteiger partial charge in [0.25, 0.3) is 11.7 Å². The summed E-state index contributed by atoms with van der Waals surface area (Å²) in [6.07, 6.45) is 0. The molecule has 0 saturated carbocycles. The van der Waals surface area contributed by atoms with Crippen molar-refractivity contribution in [3.05, 3.63) is 59.7 Å². The topological polar surface area (TPSA) is 66.5 Å². The lowest BCUT2D eigenvalue weighted by molar-refractivity contribution is -0.120. The van der Waals surface area contributed by atoms with Crippen LogP contribution in [-0.2, 0) is 9.59 Å². The molecular weight excluding hydrogens is 292 g/mol. The Morgan fingerprint density at radius 1 is 1.04 bits per heavy atom. The van der Waals surface area contributed by atoms with E-state index in [1.54, 1.807) is 37.3 Å². The van der Waals surface area contributed by atoms with Crippen molar-refractivity contribution in [3.8, 4) is 0 Å². The average Bonchev–Trinajstić information content (AvgIpc) is 2.81. The standard InChI is InChI=1S/C18H16N2O3/c1-11-7-3-5-9-14(11)19-17(22)12(2)20-15-10-6-4-8-13(15)16(21)18(20)23/h3-10,12H,1-2H3,(H,19,22)/t12-/m0/s1. The van der Waals surface area contributed by atoms with Crippen LogP contribution in [0.4, 0.5) is 11.4 Å². The lowest BCUT2D eigenvalue weighted by atomic mass is 10.1. The van der Waals surface area contributed by atoms with Gasteiger partial charge in [-0.15, -0.1) is 0 Å². The van der Waals surface area contributed by atoms with E-state index >= 15 is 0 Å². The van der Waals surface area contributed by atoms with Crippen LogP contribution in [0.15, 0.2) is 48.5 Å². The first-order valence-electron chi connectivity index (χ1n) is 7.34. The number of fused-ring (bicyclic) bond motifs is 1. The molecule has 2 aromatic rings. The summed E-state index contributed by atoms with van der Waals surface area (Å²) in [5.74, 6) is -1.58. The lowest BCUT2D eigenvalue weighted by Gasteiger charge is -2.24. The summed E-state index contributed by atoms with van der Waals surface area (Å²) in [6.45, 7) is 3.50. The number of rotatable bonds is 3. The Bertz CT molecular complexity index is 813. The molecule has 0 aliphatic carbocycles. The highest BCUT2D eigenvalue weighted by molar-refractivity contribution is 6.52. The summed E-state index contributed by atoms with van der Waals surface area (Å²) in [6, 6.07) is 13.3. The fourth-order valence-corrected chi connectivity index (χ4v) is 2.66. The van der Waals surface area contributed by atoms with E-state index in [1.807, 2.05) is 25.1 Å². The summed E-state index contributed by atoms with van der Waals surface area (Å²) in [5, 5.41) is 2.81. The number of benzene rings is 2. The van der Waals surface area contributed by atoms with E-state index in [2.05, 4.69) is 5.32 Å². The minimum absolute atomic E-state index is 0.336. The average molecular weight is 308 g/mol. The van der Waals surface area contributed by atoms with Crippen molar-refractivity contribution in [1.82, 2.24) is 0 Å². The smallest absolute Gasteiger partial charge is 0.300 e. The van der Waals surface area contributed by atoms with Crippen LogP contribution in [0.5, 0.6) is 0 Å². The largest absolute Gasteiger partial charge is 0.324 e. The molecule has 5 heteroatoms. The van der Waals surface area contributed by atoms with Gasteiger partial charge in [-0.2, -0.15) is 0 Å². The third kappa shape index (κ3) is 2.50. The molecule has 0 bridgehead atoms. The predicted octanol–water partition coefficient (Wildman–Crippen LogP) is 2.55. The highest BCUT2D eigenvalue weighted by atomic mass is 16.2. The van der Waals surface area contributed by atoms with E-state index in [1.165, 1.54) is 4.90 Å². The quantitative estimate of drug-likeness (QED) is 0.886. The SMILES string of the molecule is Cc1ccccc1NC(=O)[C@H](C)N1C(=O)C(=O)c2ccccc21. The van der Waals surface area contributed by atoms with Crippen LogP contribution in [0.2, 0.25) is 0 Å². The maximum atomic E-state index is 12.5. The monoisotopic (exact) mass is 308 g/mol. The molecule has 3 rings (SSSR count). The van der Waals surface area contributed by atoms with Gasteiger partial charge in [0.2, 0.25) is 5.91 Å². The molecule has 5 nitrogen and oxygen atoms in total. The van der Waals surface area contributed by atoms with Gasteiger partial charge in [-0.3, -0.25) is 19.3 Å². The van der Waals surface area contributed by atoms with Gasteiger partial charge < -0.3 is 5.32 Å². The number of nitrogens with one attached hydrogen (secondary N) is 1. The fraction of sp³-hybridized carbons (Fsp3) is 0.167. The third-order valence-corrected chi connectivity index (χ3v) is 3.99. The zero-order valence-electron chi connectivity index (χ0n) is 12.9. The molecule has 23 heavy (non-hydrogen) atoms. The lowest BCUT2D eigenvalue weighted by Crippen LogP contribution is -2.45. The van der Waals surface area contributed by atoms with Crippen LogP contribution in [0.1, 0.15) is 22.8 Å². The van der Waals surface area contributed by atoms with Gasteiger partial charge in [-0.25, -0.2) is 0 Å². The zero-order chi connectivity index (χ0) is 16.6. The van der Waals surface area contributed by atoms with E-state index in [0.29, 0.717) is 16.9 Å². The second kappa shape index (κ2) is 5.68. The number of anilines is 2. The van der Waals surface area contributed by atoms with Gasteiger partial charge in [0.15, 0.2) is 0 Å². The normalized spacial score (nSPS) is 14.6. The number of Topliss-reactive ketones (excluding diaryl/α,β-unsaturated/α-hetero) is 1. The van der Waals surface area contributed by atoms with Gasteiger partial charge >= 0.3 is 0 Å². The van der Waals surface area contributed by atoms with E-state index in [-0.39, 0.29) is 5.91 Å². The van der Waals surface area contributed by atoms with Crippen LogP contribution in [0, 0.1) is 6.92 Å². The minimum atomic E-state index is -0.783. The number of para-hydroxylation sites is 2. The summed E-state index contributed by atoms with van der Waals surface area (Å²) < 4.78 is 0. The van der Waals surface area contributed by atoms with Crippen molar-refractivity contribution in [1.29, 1.82) is 0 Å². The number of amides is 2. The Balaban J connectivity index is 1.87. The molecule has 0 aromatic heterocycles. The number of hydrogen-bond acceptors (Lipinski definition) is 3. The van der Waals surface area contributed by atoms with E-state index in [0.717, 1.165) is 5.56 Å². The van der Waals surface area contributed by atoms with E-state index in [4.69, 9.17) is 0 Å². The van der Waals surface area contributed by atoms with Crippen molar-refractivity contribution in [2.45, 2.75) is 19.9 Å². The molecule has 2 aromatic carbocycles. The maximum absolute atomic E-state index is 12.5. The predicted molar refractivity (Wildman–Crippen MR) is 87.5 cm³/mol. The highest BCUT2D eigenvalue weighted by Crippen LogP contribution is 2.30. The molecule has 1 aliphatic rings. The zero-order valence-corrected chi connectivity index (χ0v) is 12.9. The number of aryl methyl sites for hydroxylation is 1. The van der Waals surface area contributed by atoms with Crippen molar-refractivity contribution < 1.29 is 14.4 Å². The number of carbonyl (C=O) groups is 3. The second-order valence-corrected chi connectivity index (χ2v) is 5.50. The van der Waals surface area contributed by atoms with Crippen molar-refractivity contribution >= 4 is 29.0 Å². The van der Waals surface area contributed by atoms with Crippen molar-refractivity contribution in [2.24, 2.45) is 0 Å². The highest BCUT2D eigenvalue weighted by Gasteiger charge is 2.40. The Kier molecular flexibility index (Phi) is 3.70. The van der Waals surface area contributed by atoms with E-state index in [9.17, 15) is 14.4 Å². The van der Waals surface area contributed by atoms with Crippen LogP contribution < -0.4 is 10.2 Å². The van der Waals surface area contributed by atoms with Crippen molar-refractivity contribution in [3.63, 3.8) is 0 Å². The Hall–Kier alpha value is -2.95. The molecule has 0 unspecified atom stereocenters. The summed E-state index contributed by atoms with van der Waals surface area (Å²) >= 11 is 0. The molecule has 0 fully saturated rings. The molecule has 1 aliphatic heterocycles. The number of hydrogen-bond donors (Lipinski definition) is 1. The Morgan fingerprint density at radius 2 is 1.70 bits per heavy atom. The molecule has 1 N–H and O–H groups in total. The molecule has 0 saturated heterocycles. The fourth-order valence-electron chi connectivity index (χ4n) is 2.66. The Labute approximate surface area is 133 Å². The number of carbonyl (C=O) groups excluding carboxylic acids is 3. The van der Waals surface area contributed by atoms with Gasteiger partial charge in [0.05, 0.1) is 11.3 Å². The minimum Gasteiger partial charge on any atom is -0.324 e. The van der Waals surface area contributed by atoms with Crippen molar-refractivity contribution in [2.75, 3.05) is 10.2 Å².